The summed E-state index contributed by atoms with van der Waals surface area (Å²) < 4.78 is 19.9. The van der Waals surface area contributed by atoms with Crippen LogP contribution in [-0.2, 0) is 10.3 Å². The second kappa shape index (κ2) is 8.90. The molecule has 1 aliphatic rings. The summed E-state index contributed by atoms with van der Waals surface area (Å²) in [5.74, 6) is -1.08. The topological polar surface area (TPSA) is 123 Å². The van der Waals surface area contributed by atoms with Gasteiger partial charge in [0.05, 0.1) is 24.4 Å². The summed E-state index contributed by atoms with van der Waals surface area (Å²) in [5, 5.41) is 2.65. The average molecular weight is 426 g/mol. The van der Waals surface area contributed by atoms with E-state index in [1.54, 1.807) is 6.92 Å². The predicted octanol–water partition coefficient (Wildman–Crippen LogP) is 2.21. The van der Waals surface area contributed by atoms with E-state index in [9.17, 15) is 14.0 Å². The number of benzene rings is 1. The maximum atomic E-state index is 14.6. The SMILES string of the molecule is C/C=C/COc1cnc(C(=O)Nc2ccc(F)c(C3(C)CC(=O)N(C)C(N)=N3)c2)cn1. The van der Waals surface area contributed by atoms with Crippen molar-refractivity contribution in [2.24, 2.45) is 10.7 Å². The molecule has 1 unspecified atom stereocenters. The van der Waals surface area contributed by atoms with Crippen molar-refractivity contribution in [1.29, 1.82) is 0 Å². The molecule has 0 saturated heterocycles. The van der Waals surface area contributed by atoms with Gasteiger partial charge in [-0.3, -0.25) is 14.5 Å². The number of carbonyl (C=O) groups is 2. The second-order valence-electron chi connectivity index (χ2n) is 7.14. The van der Waals surface area contributed by atoms with Gasteiger partial charge in [0.25, 0.3) is 5.91 Å². The van der Waals surface area contributed by atoms with Gasteiger partial charge in [-0.05, 0) is 32.0 Å². The average Bonchev–Trinajstić information content (AvgIpc) is 2.74. The Kier molecular flexibility index (Phi) is 6.28. The predicted molar refractivity (Wildman–Crippen MR) is 113 cm³/mol. The minimum atomic E-state index is -1.19. The fourth-order valence-electron chi connectivity index (χ4n) is 3.01. The van der Waals surface area contributed by atoms with Crippen molar-refractivity contribution in [3.63, 3.8) is 0 Å². The third kappa shape index (κ3) is 4.85. The fourth-order valence-corrected chi connectivity index (χ4v) is 3.01. The van der Waals surface area contributed by atoms with E-state index in [1.165, 1.54) is 42.5 Å². The van der Waals surface area contributed by atoms with Crippen molar-refractivity contribution in [1.82, 2.24) is 14.9 Å². The molecule has 0 saturated carbocycles. The van der Waals surface area contributed by atoms with Crippen LogP contribution in [0, 0.1) is 5.82 Å². The summed E-state index contributed by atoms with van der Waals surface area (Å²) in [5.41, 5.74) is 5.15. The number of aliphatic imine (C=N–C) groups is 1. The number of amides is 2. The van der Waals surface area contributed by atoms with Crippen LogP contribution in [0.1, 0.15) is 36.3 Å². The minimum absolute atomic E-state index is 0.000371. The molecule has 0 spiro atoms. The van der Waals surface area contributed by atoms with Gasteiger partial charge in [0.2, 0.25) is 11.8 Å². The molecule has 2 aromatic rings. The lowest BCUT2D eigenvalue weighted by Crippen LogP contribution is -2.47. The van der Waals surface area contributed by atoms with Gasteiger partial charge in [-0.1, -0.05) is 12.2 Å². The molecule has 9 nitrogen and oxygen atoms in total. The zero-order valence-electron chi connectivity index (χ0n) is 17.4. The molecule has 1 aromatic heterocycles. The van der Waals surface area contributed by atoms with Crippen LogP contribution in [0.3, 0.4) is 0 Å². The molecule has 2 heterocycles. The number of carbonyl (C=O) groups excluding carboxylic acids is 2. The van der Waals surface area contributed by atoms with E-state index in [0.29, 0.717) is 12.3 Å². The van der Waals surface area contributed by atoms with Gasteiger partial charge in [-0.2, -0.15) is 0 Å². The molecule has 1 aliphatic heterocycles. The Morgan fingerprint density at radius 2 is 2.16 bits per heavy atom. The molecule has 1 atom stereocenters. The summed E-state index contributed by atoms with van der Waals surface area (Å²) in [6, 6.07) is 4.05. The molecular weight excluding hydrogens is 403 g/mol. The quantitative estimate of drug-likeness (QED) is 0.683. The van der Waals surface area contributed by atoms with E-state index in [4.69, 9.17) is 10.5 Å². The molecule has 2 amide bonds. The fraction of sp³-hybridized carbons (Fsp3) is 0.286. The zero-order valence-corrected chi connectivity index (χ0v) is 17.4. The van der Waals surface area contributed by atoms with Crippen molar-refractivity contribution in [2.45, 2.75) is 25.8 Å². The van der Waals surface area contributed by atoms with Crippen molar-refractivity contribution in [3.8, 4) is 5.88 Å². The number of halogens is 1. The van der Waals surface area contributed by atoms with Crippen LogP contribution in [0.4, 0.5) is 10.1 Å². The number of allylic oxidation sites excluding steroid dienone is 1. The number of rotatable bonds is 6. The Morgan fingerprint density at radius 3 is 2.81 bits per heavy atom. The first-order valence-electron chi connectivity index (χ1n) is 9.53. The second-order valence-corrected chi connectivity index (χ2v) is 7.14. The van der Waals surface area contributed by atoms with E-state index in [1.807, 2.05) is 19.1 Å². The van der Waals surface area contributed by atoms with Crippen LogP contribution in [0.25, 0.3) is 0 Å². The first-order valence-corrected chi connectivity index (χ1v) is 9.53. The van der Waals surface area contributed by atoms with Crippen molar-refractivity contribution in [3.05, 3.63) is 59.8 Å². The molecular formula is C21H23FN6O3. The summed E-state index contributed by atoms with van der Waals surface area (Å²) in [7, 11) is 1.51. The van der Waals surface area contributed by atoms with E-state index in [0.717, 1.165) is 0 Å². The van der Waals surface area contributed by atoms with E-state index in [2.05, 4.69) is 20.3 Å². The van der Waals surface area contributed by atoms with Crippen LogP contribution in [-0.4, -0.2) is 46.3 Å². The largest absolute Gasteiger partial charge is 0.472 e. The van der Waals surface area contributed by atoms with Crippen molar-refractivity contribution in [2.75, 3.05) is 19.0 Å². The molecule has 162 valence electrons. The van der Waals surface area contributed by atoms with Crippen LogP contribution >= 0.6 is 0 Å². The Labute approximate surface area is 178 Å². The number of anilines is 1. The van der Waals surface area contributed by atoms with Gasteiger partial charge in [0.1, 0.15) is 18.1 Å². The molecule has 1 aromatic carbocycles. The van der Waals surface area contributed by atoms with Crippen LogP contribution < -0.4 is 15.8 Å². The highest BCUT2D eigenvalue weighted by Gasteiger charge is 2.38. The molecule has 0 aliphatic carbocycles. The highest BCUT2D eigenvalue weighted by molar-refractivity contribution is 6.03. The number of nitrogens with two attached hydrogens (primary N) is 1. The van der Waals surface area contributed by atoms with Gasteiger partial charge < -0.3 is 15.8 Å². The molecule has 3 N–H and O–H groups in total. The first kappa shape index (κ1) is 21.9. The van der Waals surface area contributed by atoms with Gasteiger partial charge >= 0.3 is 0 Å². The van der Waals surface area contributed by atoms with E-state index in [-0.39, 0.29) is 35.4 Å². The Morgan fingerprint density at radius 1 is 1.39 bits per heavy atom. The zero-order chi connectivity index (χ0) is 22.6. The Bertz CT molecular complexity index is 1050. The smallest absolute Gasteiger partial charge is 0.275 e. The summed E-state index contributed by atoms with van der Waals surface area (Å²) in [6.07, 6.45) is 6.22. The number of nitrogens with one attached hydrogen (secondary N) is 1. The summed E-state index contributed by atoms with van der Waals surface area (Å²) >= 11 is 0. The number of guanidine groups is 1. The monoisotopic (exact) mass is 426 g/mol. The summed E-state index contributed by atoms with van der Waals surface area (Å²) in [6.45, 7) is 3.83. The van der Waals surface area contributed by atoms with Gasteiger partial charge in [-0.15, -0.1) is 0 Å². The number of aromatic nitrogens is 2. The first-order chi connectivity index (χ1) is 14.7. The lowest BCUT2D eigenvalue weighted by atomic mass is 9.87. The molecule has 3 rings (SSSR count). The van der Waals surface area contributed by atoms with Crippen molar-refractivity contribution >= 4 is 23.5 Å². The molecule has 0 fully saturated rings. The third-order valence-corrected chi connectivity index (χ3v) is 4.80. The van der Waals surface area contributed by atoms with Crippen molar-refractivity contribution < 1.29 is 18.7 Å². The molecule has 0 radical (unpaired) electrons. The normalized spacial score (nSPS) is 18.8. The lowest BCUT2D eigenvalue weighted by Gasteiger charge is -2.34. The third-order valence-electron chi connectivity index (χ3n) is 4.80. The maximum absolute atomic E-state index is 14.6. The van der Waals surface area contributed by atoms with Crippen LogP contribution in [0.15, 0.2) is 47.7 Å². The molecule has 0 bridgehead atoms. The van der Waals surface area contributed by atoms with E-state index < -0.39 is 17.3 Å². The van der Waals surface area contributed by atoms with Gasteiger partial charge in [-0.25, -0.2) is 19.4 Å². The summed E-state index contributed by atoms with van der Waals surface area (Å²) in [4.78, 5) is 38.3. The van der Waals surface area contributed by atoms with Gasteiger partial charge in [0.15, 0.2) is 5.96 Å². The highest BCUT2D eigenvalue weighted by atomic mass is 19.1. The Balaban J connectivity index is 1.79. The Hall–Kier alpha value is -3.82. The van der Waals surface area contributed by atoms with Crippen LogP contribution in [0.2, 0.25) is 0 Å². The lowest BCUT2D eigenvalue weighted by molar-refractivity contribution is -0.128. The minimum Gasteiger partial charge on any atom is -0.472 e. The number of ether oxygens (including phenoxy) is 1. The highest BCUT2D eigenvalue weighted by Crippen LogP contribution is 2.35. The maximum Gasteiger partial charge on any atom is 0.275 e. The standard InChI is InChI=1S/C21H23FN6O3/c1-4-5-8-31-17-12-24-16(11-25-17)19(30)26-13-6-7-15(22)14(9-13)21(2)10-18(29)28(3)20(23)27-21/h4-7,9,11-12H,8,10H2,1-3H3,(H2,23,27)(H,26,30)/b5-4+. The van der Waals surface area contributed by atoms with Crippen LogP contribution in [0.5, 0.6) is 5.88 Å². The number of nitrogens with zero attached hydrogens (tertiary/aromatic N) is 4. The van der Waals surface area contributed by atoms with Gasteiger partial charge in [0, 0.05) is 18.3 Å². The molecule has 31 heavy (non-hydrogen) atoms. The number of hydrogen-bond acceptors (Lipinski definition) is 7. The molecule has 10 heteroatoms. The van der Waals surface area contributed by atoms with E-state index >= 15 is 0 Å². The number of hydrogen-bond donors (Lipinski definition) is 2.